The quantitative estimate of drug-likeness (QED) is 0.409. The van der Waals surface area contributed by atoms with Gasteiger partial charge in [0.05, 0.1) is 4.92 Å². The van der Waals surface area contributed by atoms with Crippen LogP contribution in [0.4, 0.5) is 11.5 Å². The first-order valence-electron chi connectivity index (χ1n) is 3.77. The highest BCUT2D eigenvalue weighted by molar-refractivity contribution is 5.48. The third-order valence-corrected chi connectivity index (χ3v) is 1.31. The van der Waals surface area contributed by atoms with Gasteiger partial charge >= 0.3 is 5.69 Å². The number of nitrogens with zero attached hydrogens (tertiary/aromatic N) is 6. The molecular weight excluding hydrogens is 188 g/mol. The molecule has 0 amide bonds. The molecule has 0 spiro atoms. The first-order chi connectivity index (χ1) is 6.50. The van der Waals surface area contributed by atoms with Crippen molar-refractivity contribution in [2.45, 2.75) is 0 Å². The lowest BCUT2D eigenvalue weighted by Crippen LogP contribution is -1.99. The summed E-state index contributed by atoms with van der Waals surface area (Å²) >= 11 is 0. The molecule has 0 aliphatic rings. The normalized spacial score (nSPS) is 10.8. The molecule has 1 rings (SSSR count). The Morgan fingerprint density at radius 2 is 2.29 bits per heavy atom. The van der Waals surface area contributed by atoms with Crippen molar-refractivity contribution in [2.75, 3.05) is 14.1 Å². The average Bonchev–Trinajstić information content (AvgIpc) is 2.43. The van der Waals surface area contributed by atoms with Crippen LogP contribution in [0.5, 0.6) is 0 Å². The zero-order valence-corrected chi connectivity index (χ0v) is 8.08. The summed E-state index contributed by atoms with van der Waals surface area (Å²) in [5.41, 5.74) is -0.155. The van der Waals surface area contributed by atoms with Crippen LogP contribution in [-0.2, 0) is 7.05 Å². The van der Waals surface area contributed by atoms with Gasteiger partial charge in [0.1, 0.15) is 6.20 Å². The molecule has 14 heavy (non-hydrogen) atoms. The summed E-state index contributed by atoms with van der Waals surface area (Å²) in [6.45, 7) is 0. The van der Waals surface area contributed by atoms with Crippen molar-refractivity contribution >= 4 is 11.5 Å². The van der Waals surface area contributed by atoms with Gasteiger partial charge in [-0.1, -0.05) is 5.22 Å². The monoisotopic (exact) mass is 198 g/mol. The van der Waals surface area contributed by atoms with Gasteiger partial charge in [-0.05, 0) is 0 Å². The summed E-state index contributed by atoms with van der Waals surface area (Å²) in [6.07, 6.45) is 1.28. The van der Waals surface area contributed by atoms with Gasteiger partial charge in [0, 0.05) is 21.1 Å². The van der Waals surface area contributed by atoms with E-state index >= 15 is 0 Å². The highest BCUT2D eigenvalue weighted by Gasteiger charge is 2.17. The Kier molecular flexibility index (Phi) is 2.75. The topological polar surface area (TPSA) is 88.9 Å². The number of aryl methyl sites for hydroxylation is 1. The number of hydrogen-bond acceptors (Lipinski definition) is 5. The van der Waals surface area contributed by atoms with Gasteiger partial charge in [-0.25, -0.2) is 0 Å². The molecule has 0 aliphatic heterocycles. The van der Waals surface area contributed by atoms with Crippen LogP contribution >= 0.6 is 0 Å². The molecule has 0 aliphatic carbocycles. The lowest BCUT2D eigenvalue weighted by Gasteiger charge is -1.98. The molecule has 0 radical (unpaired) electrons. The lowest BCUT2D eigenvalue weighted by molar-refractivity contribution is -0.384. The largest absolute Gasteiger partial charge is 0.335 e. The maximum atomic E-state index is 10.5. The van der Waals surface area contributed by atoms with Crippen molar-refractivity contribution in [1.82, 2.24) is 14.8 Å². The van der Waals surface area contributed by atoms with Crippen molar-refractivity contribution in [1.29, 1.82) is 0 Å². The fraction of sp³-hybridized carbons (Fsp3) is 0.500. The number of hydrogen-bond donors (Lipinski definition) is 0. The van der Waals surface area contributed by atoms with Crippen molar-refractivity contribution in [3.63, 3.8) is 0 Å². The Morgan fingerprint density at radius 1 is 1.64 bits per heavy atom. The molecule has 0 bridgehead atoms. The summed E-state index contributed by atoms with van der Waals surface area (Å²) in [4.78, 5) is 9.97. The van der Waals surface area contributed by atoms with Crippen molar-refractivity contribution in [3.05, 3.63) is 16.3 Å². The number of rotatable bonds is 3. The van der Waals surface area contributed by atoms with E-state index in [2.05, 4.69) is 15.4 Å². The minimum absolute atomic E-state index is 0.00574. The van der Waals surface area contributed by atoms with Crippen LogP contribution in [0.1, 0.15) is 0 Å². The second-order valence-corrected chi connectivity index (χ2v) is 2.81. The predicted octanol–water partition coefficient (Wildman–Crippen LogP) is 0.889. The Hall–Kier alpha value is -1.99. The first-order valence-corrected chi connectivity index (χ1v) is 3.77. The van der Waals surface area contributed by atoms with Crippen LogP contribution in [0.3, 0.4) is 0 Å². The van der Waals surface area contributed by atoms with Crippen molar-refractivity contribution < 1.29 is 4.92 Å². The third-order valence-electron chi connectivity index (χ3n) is 1.31. The molecule has 0 fully saturated rings. The number of aromatic nitrogens is 2. The maximum absolute atomic E-state index is 10.5. The van der Waals surface area contributed by atoms with E-state index in [0.29, 0.717) is 0 Å². The molecule has 1 heterocycles. The molecular formula is C6H10N6O2. The molecule has 76 valence electrons. The second-order valence-electron chi connectivity index (χ2n) is 2.81. The van der Waals surface area contributed by atoms with Gasteiger partial charge in [0.15, 0.2) is 0 Å². The summed E-state index contributed by atoms with van der Waals surface area (Å²) in [5.74, 6) is 0.00574. The van der Waals surface area contributed by atoms with Gasteiger partial charge in [-0.15, -0.1) is 10.2 Å². The number of nitro groups is 1. The Bertz CT molecular complexity index is 368. The third kappa shape index (κ3) is 2.25. The Labute approximate surface area is 80.0 Å². The van der Waals surface area contributed by atoms with E-state index in [1.807, 2.05) is 0 Å². The minimum atomic E-state index is -0.545. The average molecular weight is 198 g/mol. The van der Waals surface area contributed by atoms with Crippen LogP contribution in [0.15, 0.2) is 16.5 Å². The van der Waals surface area contributed by atoms with Crippen LogP contribution < -0.4 is 0 Å². The van der Waals surface area contributed by atoms with Gasteiger partial charge in [0.2, 0.25) is 0 Å². The Morgan fingerprint density at radius 3 is 2.79 bits per heavy atom. The zero-order chi connectivity index (χ0) is 10.7. The fourth-order valence-electron chi connectivity index (χ4n) is 0.796. The SMILES string of the molecule is CN(C)N=Nc1nn(C)cc1[N+](=O)[O-]. The van der Waals surface area contributed by atoms with Gasteiger partial charge in [0.25, 0.3) is 5.82 Å². The van der Waals surface area contributed by atoms with E-state index in [0.717, 1.165) is 0 Å². The smallest absolute Gasteiger partial charge is 0.285 e. The lowest BCUT2D eigenvalue weighted by atomic mass is 10.5. The molecule has 8 heteroatoms. The summed E-state index contributed by atoms with van der Waals surface area (Å²) < 4.78 is 1.32. The van der Waals surface area contributed by atoms with Crippen LogP contribution in [-0.4, -0.2) is 33.8 Å². The van der Waals surface area contributed by atoms with Crippen molar-refractivity contribution in [3.8, 4) is 0 Å². The van der Waals surface area contributed by atoms with Crippen molar-refractivity contribution in [2.24, 2.45) is 17.4 Å². The highest BCUT2D eigenvalue weighted by atomic mass is 16.6. The molecule has 0 unspecified atom stereocenters. The highest BCUT2D eigenvalue weighted by Crippen LogP contribution is 2.24. The first kappa shape index (κ1) is 10.1. The van der Waals surface area contributed by atoms with E-state index < -0.39 is 4.92 Å². The van der Waals surface area contributed by atoms with E-state index in [1.54, 1.807) is 21.1 Å². The molecule has 0 N–H and O–H groups in total. The van der Waals surface area contributed by atoms with E-state index in [1.165, 1.54) is 15.9 Å². The fourth-order valence-corrected chi connectivity index (χ4v) is 0.796. The summed E-state index contributed by atoms with van der Waals surface area (Å²) in [6, 6.07) is 0. The van der Waals surface area contributed by atoms with E-state index in [-0.39, 0.29) is 11.5 Å². The van der Waals surface area contributed by atoms with Crippen LogP contribution in [0, 0.1) is 10.1 Å². The Balaban J connectivity index is 3.01. The summed E-state index contributed by atoms with van der Waals surface area (Å²) in [7, 11) is 4.91. The molecule has 1 aromatic heterocycles. The van der Waals surface area contributed by atoms with Crippen LogP contribution in [0.2, 0.25) is 0 Å². The molecule has 0 saturated carbocycles. The summed E-state index contributed by atoms with van der Waals surface area (Å²) in [5, 5.41) is 23.0. The maximum Gasteiger partial charge on any atom is 0.335 e. The minimum Gasteiger partial charge on any atom is -0.285 e. The second kappa shape index (κ2) is 3.81. The standard InChI is InChI=1S/C6H10N6O2/c1-10(2)9-7-6-5(12(13)14)4-11(3)8-6/h4H,1-3H3. The van der Waals surface area contributed by atoms with Gasteiger partial charge < -0.3 is 0 Å². The zero-order valence-electron chi connectivity index (χ0n) is 8.08. The van der Waals surface area contributed by atoms with Gasteiger partial charge in [-0.2, -0.15) is 0 Å². The van der Waals surface area contributed by atoms with Gasteiger partial charge in [-0.3, -0.25) is 19.8 Å². The predicted molar refractivity (Wildman–Crippen MR) is 48.1 cm³/mol. The molecule has 8 nitrogen and oxygen atoms in total. The van der Waals surface area contributed by atoms with E-state index in [9.17, 15) is 10.1 Å². The molecule has 0 aromatic carbocycles. The van der Waals surface area contributed by atoms with E-state index in [4.69, 9.17) is 0 Å². The molecule has 0 saturated heterocycles. The van der Waals surface area contributed by atoms with Crippen LogP contribution in [0.25, 0.3) is 0 Å². The molecule has 1 aromatic rings. The molecule has 0 atom stereocenters.